The fraction of sp³-hybridized carbons (Fsp3) is 0.235. The topological polar surface area (TPSA) is 72.2 Å². The number of rotatable bonds is 4. The van der Waals surface area contributed by atoms with Crippen LogP contribution in [0.15, 0.2) is 39.8 Å². The molecule has 24 heavy (non-hydrogen) atoms. The molecule has 0 fully saturated rings. The van der Waals surface area contributed by atoms with Gasteiger partial charge in [0.25, 0.3) is 10.0 Å². The molecule has 3 rings (SSSR count). The molecule has 0 spiro atoms. The van der Waals surface area contributed by atoms with Crippen LogP contribution < -0.4 is 4.72 Å². The molecule has 1 N–H and O–H groups in total. The Balaban J connectivity index is 1.96. The second-order valence-corrected chi connectivity index (χ2v) is 8.75. The number of benzene rings is 1. The number of aromatic nitrogens is 1. The SMILES string of the molecule is Cc1cc(C)cc(NS(=O)(=O)c2cc(-c3cc(C)no3)sc2C)c1. The van der Waals surface area contributed by atoms with Gasteiger partial charge in [0.15, 0.2) is 5.76 Å². The highest BCUT2D eigenvalue weighted by Gasteiger charge is 2.22. The van der Waals surface area contributed by atoms with Crippen LogP contribution in [0.4, 0.5) is 5.69 Å². The van der Waals surface area contributed by atoms with Crippen LogP contribution in [0.3, 0.4) is 0 Å². The molecule has 2 aromatic heterocycles. The third-order valence-electron chi connectivity index (χ3n) is 3.51. The molecule has 0 saturated carbocycles. The second-order valence-electron chi connectivity index (χ2n) is 5.85. The summed E-state index contributed by atoms with van der Waals surface area (Å²) in [7, 11) is -3.66. The summed E-state index contributed by atoms with van der Waals surface area (Å²) in [4.78, 5) is 1.71. The lowest BCUT2D eigenvalue weighted by Crippen LogP contribution is -2.13. The summed E-state index contributed by atoms with van der Waals surface area (Å²) in [5, 5.41) is 3.85. The Kier molecular flexibility index (Phi) is 4.23. The zero-order chi connectivity index (χ0) is 17.5. The summed E-state index contributed by atoms with van der Waals surface area (Å²) < 4.78 is 33.4. The molecule has 0 aliphatic rings. The van der Waals surface area contributed by atoms with E-state index in [9.17, 15) is 8.42 Å². The number of nitrogens with zero attached hydrogens (tertiary/aromatic N) is 1. The van der Waals surface area contributed by atoms with Crippen LogP contribution in [0.1, 0.15) is 21.7 Å². The third kappa shape index (κ3) is 3.37. The van der Waals surface area contributed by atoms with Crippen molar-refractivity contribution in [1.29, 1.82) is 0 Å². The van der Waals surface area contributed by atoms with Crippen molar-refractivity contribution < 1.29 is 12.9 Å². The minimum Gasteiger partial charge on any atom is -0.355 e. The number of sulfonamides is 1. The summed E-state index contributed by atoms with van der Waals surface area (Å²) in [6.45, 7) is 7.48. The number of thiophene rings is 1. The van der Waals surface area contributed by atoms with Crippen LogP contribution in [0.5, 0.6) is 0 Å². The van der Waals surface area contributed by atoms with Crippen molar-refractivity contribution in [2.45, 2.75) is 32.6 Å². The number of anilines is 1. The van der Waals surface area contributed by atoms with Gasteiger partial charge in [-0.15, -0.1) is 11.3 Å². The van der Waals surface area contributed by atoms with Crippen LogP contribution >= 0.6 is 11.3 Å². The molecule has 1 aromatic carbocycles. The molecule has 0 aliphatic heterocycles. The van der Waals surface area contributed by atoms with Crippen molar-refractivity contribution in [2.24, 2.45) is 0 Å². The Morgan fingerprint density at radius 3 is 2.25 bits per heavy atom. The molecule has 0 aliphatic carbocycles. The lowest BCUT2D eigenvalue weighted by molar-refractivity contribution is 0.428. The van der Waals surface area contributed by atoms with Crippen molar-refractivity contribution in [1.82, 2.24) is 5.16 Å². The molecule has 2 heterocycles. The Morgan fingerprint density at radius 2 is 1.67 bits per heavy atom. The zero-order valence-electron chi connectivity index (χ0n) is 13.9. The van der Waals surface area contributed by atoms with E-state index in [1.165, 1.54) is 11.3 Å². The van der Waals surface area contributed by atoms with E-state index < -0.39 is 10.0 Å². The molecular weight excluding hydrogens is 344 g/mol. The first kappa shape index (κ1) is 16.7. The highest BCUT2D eigenvalue weighted by Crippen LogP contribution is 2.34. The molecule has 0 atom stereocenters. The monoisotopic (exact) mass is 362 g/mol. The van der Waals surface area contributed by atoms with Crippen molar-refractivity contribution in [3.05, 3.63) is 52.0 Å². The fourth-order valence-corrected chi connectivity index (χ4v) is 5.16. The van der Waals surface area contributed by atoms with Crippen LogP contribution in [0, 0.1) is 27.7 Å². The smallest absolute Gasteiger partial charge is 0.263 e. The highest BCUT2D eigenvalue weighted by molar-refractivity contribution is 7.93. The van der Waals surface area contributed by atoms with Crippen LogP contribution in [0.2, 0.25) is 0 Å². The predicted octanol–water partition coefficient (Wildman–Crippen LogP) is 4.44. The Hall–Kier alpha value is -2.12. The molecule has 3 aromatic rings. The average molecular weight is 362 g/mol. The lowest BCUT2D eigenvalue weighted by Gasteiger charge is -2.09. The molecule has 126 valence electrons. The number of aryl methyl sites for hydroxylation is 4. The molecule has 0 saturated heterocycles. The summed E-state index contributed by atoms with van der Waals surface area (Å²) in [5.41, 5.74) is 3.34. The van der Waals surface area contributed by atoms with E-state index >= 15 is 0 Å². The van der Waals surface area contributed by atoms with Gasteiger partial charge in [-0.1, -0.05) is 11.2 Å². The Labute approximate surface area is 145 Å². The molecule has 0 amide bonds. The summed E-state index contributed by atoms with van der Waals surface area (Å²) >= 11 is 1.37. The zero-order valence-corrected chi connectivity index (χ0v) is 15.5. The number of hydrogen-bond acceptors (Lipinski definition) is 5. The van der Waals surface area contributed by atoms with Crippen molar-refractivity contribution in [3.8, 4) is 10.6 Å². The van der Waals surface area contributed by atoms with Crippen LogP contribution in [0.25, 0.3) is 10.6 Å². The van der Waals surface area contributed by atoms with E-state index in [1.54, 1.807) is 19.1 Å². The van der Waals surface area contributed by atoms with E-state index in [0.29, 0.717) is 16.3 Å². The Morgan fingerprint density at radius 1 is 1.00 bits per heavy atom. The van der Waals surface area contributed by atoms with Gasteiger partial charge in [0.1, 0.15) is 4.90 Å². The average Bonchev–Trinajstić information content (AvgIpc) is 3.03. The quantitative estimate of drug-likeness (QED) is 0.745. The maximum absolute atomic E-state index is 12.7. The van der Waals surface area contributed by atoms with E-state index in [4.69, 9.17) is 4.52 Å². The van der Waals surface area contributed by atoms with Gasteiger partial charge in [-0.25, -0.2) is 8.42 Å². The van der Waals surface area contributed by atoms with Crippen molar-refractivity contribution in [2.75, 3.05) is 4.72 Å². The van der Waals surface area contributed by atoms with E-state index in [-0.39, 0.29) is 4.90 Å². The minimum atomic E-state index is -3.66. The van der Waals surface area contributed by atoms with Gasteiger partial charge in [-0.05, 0) is 57.0 Å². The molecule has 7 heteroatoms. The molecule has 5 nitrogen and oxygen atoms in total. The summed E-state index contributed by atoms with van der Waals surface area (Å²) in [5.74, 6) is 0.577. The summed E-state index contributed by atoms with van der Waals surface area (Å²) in [6, 6.07) is 9.04. The molecule has 0 unspecified atom stereocenters. The largest absolute Gasteiger partial charge is 0.355 e. The molecular formula is C17H18N2O3S2. The standard InChI is InChI=1S/C17H18N2O3S2/c1-10-5-11(2)7-14(6-10)19-24(20,21)17-9-16(23-13(17)4)15-8-12(3)18-22-15/h5-9,19H,1-4H3. The molecule has 0 radical (unpaired) electrons. The fourth-order valence-electron chi connectivity index (χ4n) is 2.58. The van der Waals surface area contributed by atoms with Gasteiger partial charge >= 0.3 is 0 Å². The first-order valence-corrected chi connectivity index (χ1v) is 9.70. The van der Waals surface area contributed by atoms with Gasteiger partial charge in [-0.3, -0.25) is 4.72 Å². The number of hydrogen-bond donors (Lipinski definition) is 1. The van der Waals surface area contributed by atoms with Crippen LogP contribution in [-0.2, 0) is 10.0 Å². The molecule has 0 bridgehead atoms. The van der Waals surface area contributed by atoms with Gasteiger partial charge < -0.3 is 4.52 Å². The Bertz CT molecular complexity index is 981. The third-order valence-corrected chi connectivity index (χ3v) is 6.21. The number of nitrogens with one attached hydrogen (secondary N) is 1. The van der Waals surface area contributed by atoms with Crippen LogP contribution in [-0.4, -0.2) is 13.6 Å². The van der Waals surface area contributed by atoms with Gasteiger partial charge in [-0.2, -0.15) is 0 Å². The maximum atomic E-state index is 12.7. The maximum Gasteiger partial charge on any atom is 0.263 e. The van der Waals surface area contributed by atoms with Crippen molar-refractivity contribution in [3.63, 3.8) is 0 Å². The summed E-state index contributed by atoms with van der Waals surface area (Å²) in [6.07, 6.45) is 0. The second kappa shape index (κ2) is 6.07. The first-order chi connectivity index (χ1) is 11.2. The van der Waals surface area contributed by atoms with Crippen molar-refractivity contribution >= 4 is 27.0 Å². The van der Waals surface area contributed by atoms with Gasteiger partial charge in [0.2, 0.25) is 0 Å². The first-order valence-electron chi connectivity index (χ1n) is 7.40. The lowest BCUT2D eigenvalue weighted by atomic mass is 10.1. The predicted molar refractivity (Wildman–Crippen MR) is 96.0 cm³/mol. The van der Waals surface area contributed by atoms with E-state index in [1.807, 2.05) is 39.0 Å². The van der Waals surface area contributed by atoms with E-state index in [2.05, 4.69) is 9.88 Å². The minimum absolute atomic E-state index is 0.260. The van der Waals surface area contributed by atoms with E-state index in [0.717, 1.165) is 21.7 Å². The van der Waals surface area contributed by atoms with Gasteiger partial charge in [0.05, 0.1) is 10.6 Å². The van der Waals surface area contributed by atoms with Gasteiger partial charge in [0, 0.05) is 16.6 Å². The normalized spacial score (nSPS) is 11.7. The highest BCUT2D eigenvalue weighted by atomic mass is 32.2.